The molecule has 0 aliphatic carbocycles. The molecule has 2 aliphatic rings. The summed E-state index contributed by atoms with van der Waals surface area (Å²) in [5, 5.41) is 6.67. The Labute approximate surface area is 178 Å². The first-order valence-corrected chi connectivity index (χ1v) is 10.8. The number of anilines is 1. The quantitative estimate of drug-likeness (QED) is 0.561. The number of benzene rings is 2. The molecule has 2 aromatic rings. The van der Waals surface area contributed by atoms with Crippen molar-refractivity contribution in [2.24, 2.45) is 0 Å². The SMILES string of the molecule is CCCN1CCC(NC(=C2C(=O)Nc3ccc(C(C)=O)cc32)c2ccccc2)CC1. The molecule has 5 nitrogen and oxygen atoms in total. The number of ketones is 1. The molecule has 1 saturated heterocycles. The van der Waals surface area contributed by atoms with Gasteiger partial charge in [0, 0.05) is 35.9 Å². The Balaban J connectivity index is 1.72. The highest BCUT2D eigenvalue weighted by atomic mass is 16.2. The van der Waals surface area contributed by atoms with Crippen LogP contribution in [0.15, 0.2) is 48.5 Å². The molecule has 1 amide bonds. The van der Waals surface area contributed by atoms with E-state index < -0.39 is 0 Å². The Hall–Kier alpha value is -2.92. The van der Waals surface area contributed by atoms with Gasteiger partial charge in [0.05, 0.1) is 11.3 Å². The van der Waals surface area contributed by atoms with Crippen LogP contribution in [0, 0.1) is 0 Å². The van der Waals surface area contributed by atoms with Gasteiger partial charge in [0.1, 0.15) is 0 Å². The van der Waals surface area contributed by atoms with Gasteiger partial charge in [-0.05, 0) is 56.5 Å². The van der Waals surface area contributed by atoms with Crippen LogP contribution in [0.1, 0.15) is 54.6 Å². The van der Waals surface area contributed by atoms with Crippen LogP contribution in [-0.4, -0.2) is 42.3 Å². The number of hydrogen-bond acceptors (Lipinski definition) is 4. The average Bonchev–Trinajstić information content (AvgIpc) is 3.09. The lowest BCUT2D eigenvalue weighted by molar-refractivity contribution is -0.110. The van der Waals surface area contributed by atoms with Crippen molar-refractivity contribution in [1.82, 2.24) is 10.2 Å². The number of Topliss-reactive ketones (excluding diaryl/α,β-unsaturated/α-hetero) is 1. The zero-order chi connectivity index (χ0) is 21.1. The number of fused-ring (bicyclic) bond motifs is 1. The molecule has 2 N–H and O–H groups in total. The van der Waals surface area contributed by atoms with Gasteiger partial charge in [-0.2, -0.15) is 0 Å². The second-order valence-corrected chi connectivity index (χ2v) is 8.15. The van der Waals surface area contributed by atoms with Crippen molar-refractivity contribution in [2.45, 2.75) is 39.2 Å². The number of carbonyl (C=O) groups excluding carboxylic acids is 2. The highest BCUT2D eigenvalue weighted by molar-refractivity contribution is 6.36. The molecule has 4 rings (SSSR count). The molecule has 0 atom stereocenters. The monoisotopic (exact) mass is 403 g/mol. The molecule has 0 radical (unpaired) electrons. The maximum atomic E-state index is 13.0. The fraction of sp³-hybridized carbons (Fsp3) is 0.360. The van der Waals surface area contributed by atoms with E-state index in [1.807, 2.05) is 42.5 Å². The Bertz CT molecular complexity index is 973. The molecule has 156 valence electrons. The number of carbonyl (C=O) groups is 2. The van der Waals surface area contributed by atoms with Crippen molar-refractivity contribution in [3.05, 3.63) is 65.2 Å². The third kappa shape index (κ3) is 4.17. The summed E-state index contributed by atoms with van der Waals surface area (Å²) in [4.78, 5) is 27.4. The molecule has 5 heteroatoms. The van der Waals surface area contributed by atoms with Crippen molar-refractivity contribution in [3.8, 4) is 0 Å². The maximum absolute atomic E-state index is 13.0. The van der Waals surface area contributed by atoms with Gasteiger partial charge in [0.25, 0.3) is 5.91 Å². The van der Waals surface area contributed by atoms with Crippen LogP contribution < -0.4 is 10.6 Å². The summed E-state index contributed by atoms with van der Waals surface area (Å²) in [5.41, 5.74) is 4.62. The highest BCUT2D eigenvalue weighted by Gasteiger charge is 2.30. The lowest BCUT2D eigenvalue weighted by Crippen LogP contribution is -2.42. The topological polar surface area (TPSA) is 61.4 Å². The number of likely N-dealkylation sites (tertiary alicyclic amines) is 1. The zero-order valence-corrected chi connectivity index (χ0v) is 17.7. The van der Waals surface area contributed by atoms with Crippen molar-refractivity contribution in [2.75, 3.05) is 25.0 Å². The number of piperidine rings is 1. The molecule has 30 heavy (non-hydrogen) atoms. The van der Waals surface area contributed by atoms with Gasteiger partial charge in [0.15, 0.2) is 5.78 Å². The molecular formula is C25H29N3O2. The lowest BCUT2D eigenvalue weighted by atomic mass is 9.96. The van der Waals surface area contributed by atoms with E-state index in [2.05, 4.69) is 22.5 Å². The van der Waals surface area contributed by atoms with Gasteiger partial charge < -0.3 is 15.5 Å². The van der Waals surface area contributed by atoms with E-state index in [1.165, 1.54) is 6.42 Å². The van der Waals surface area contributed by atoms with E-state index >= 15 is 0 Å². The smallest absolute Gasteiger partial charge is 0.258 e. The Morgan fingerprint density at radius 3 is 2.50 bits per heavy atom. The van der Waals surface area contributed by atoms with Crippen LogP contribution in [0.4, 0.5) is 5.69 Å². The summed E-state index contributed by atoms with van der Waals surface area (Å²) < 4.78 is 0. The second kappa shape index (κ2) is 8.84. The molecule has 0 bridgehead atoms. The molecule has 2 aromatic carbocycles. The lowest BCUT2D eigenvalue weighted by Gasteiger charge is -2.33. The molecule has 0 aromatic heterocycles. The van der Waals surface area contributed by atoms with E-state index in [0.717, 1.165) is 55.0 Å². The van der Waals surface area contributed by atoms with Gasteiger partial charge in [-0.1, -0.05) is 37.3 Å². The zero-order valence-electron chi connectivity index (χ0n) is 17.7. The van der Waals surface area contributed by atoms with Crippen molar-refractivity contribution in [3.63, 3.8) is 0 Å². The fourth-order valence-electron chi connectivity index (χ4n) is 4.36. The van der Waals surface area contributed by atoms with E-state index in [9.17, 15) is 9.59 Å². The van der Waals surface area contributed by atoms with E-state index in [1.54, 1.807) is 13.0 Å². The van der Waals surface area contributed by atoms with E-state index in [0.29, 0.717) is 17.2 Å². The van der Waals surface area contributed by atoms with Gasteiger partial charge >= 0.3 is 0 Å². The largest absolute Gasteiger partial charge is 0.381 e. The predicted molar refractivity (Wildman–Crippen MR) is 121 cm³/mol. The number of nitrogens with zero attached hydrogens (tertiary/aromatic N) is 1. The standard InChI is InChI=1S/C25H29N3O2/c1-3-13-28-14-11-20(12-15-28)26-24(18-7-5-4-6-8-18)23-21-16-19(17(2)29)9-10-22(21)27-25(23)30/h4-10,16,20,26H,3,11-15H2,1-2H3,(H,27,30). The molecule has 0 saturated carbocycles. The minimum Gasteiger partial charge on any atom is -0.381 e. The fourth-order valence-corrected chi connectivity index (χ4v) is 4.36. The Morgan fingerprint density at radius 1 is 1.10 bits per heavy atom. The number of hydrogen-bond donors (Lipinski definition) is 2. The molecule has 0 spiro atoms. The first-order chi connectivity index (χ1) is 14.6. The Morgan fingerprint density at radius 2 is 1.83 bits per heavy atom. The first kappa shape index (κ1) is 20.4. The molecule has 1 fully saturated rings. The van der Waals surface area contributed by atoms with Crippen LogP contribution >= 0.6 is 0 Å². The first-order valence-electron chi connectivity index (χ1n) is 10.8. The summed E-state index contributed by atoms with van der Waals surface area (Å²) in [7, 11) is 0. The van der Waals surface area contributed by atoms with Crippen molar-refractivity contribution >= 4 is 28.6 Å². The van der Waals surface area contributed by atoms with Crippen LogP contribution in [0.5, 0.6) is 0 Å². The second-order valence-electron chi connectivity index (χ2n) is 8.15. The number of rotatable bonds is 6. The maximum Gasteiger partial charge on any atom is 0.258 e. The van der Waals surface area contributed by atoms with Gasteiger partial charge in [-0.25, -0.2) is 0 Å². The summed E-state index contributed by atoms with van der Waals surface area (Å²) in [6, 6.07) is 15.7. The van der Waals surface area contributed by atoms with Crippen LogP contribution in [0.3, 0.4) is 0 Å². The highest BCUT2D eigenvalue weighted by Crippen LogP contribution is 2.37. The van der Waals surface area contributed by atoms with E-state index in [-0.39, 0.29) is 11.7 Å². The number of amides is 1. The minimum atomic E-state index is -0.125. The predicted octanol–water partition coefficient (Wildman–Crippen LogP) is 4.17. The average molecular weight is 404 g/mol. The Kier molecular flexibility index (Phi) is 6.00. The third-order valence-corrected chi connectivity index (χ3v) is 5.96. The van der Waals surface area contributed by atoms with Crippen LogP contribution in [-0.2, 0) is 4.79 Å². The van der Waals surface area contributed by atoms with Gasteiger partial charge in [-0.3, -0.25) is 9.59 Å². The molecule has 0 unspecified atom stereocenters. The molecule has 2 aliphatic heterocycles. The van der Waals surface area contributed by atoms with Gasteiger partial charge in [-0.15, -0.1) is 0 Å². The van der Waals surface area contributed by atoms with Crippen LogP contribution in [0.2, 0.25) is 0 Å². The summed E-state index contributed by atoms with van der Waals surface area (Å²) >= 11 is 0. The summed E-state index contributed by atoms with van der Waals surface area (Å²) in [6.07, 6.45) is 3.27. The third-order valence-electron chi connectivity index (χ3n) is 5.96. The van der Waals surface area contributed by atoms with Gasteiger partial charge in [0.2, 0.25) is 0 Å². The van der Waals surface area contributed by atoms with E-state index in [4.69, 9.17) is 0 Å². The van der Waals surface area contributed by atoms with Crippen molar-refractivity contribution in [1.29, 1.82) is 0 Å². The minimum absolute atomic E-state index is 0.00554. The summed E-state index contributed by atoms with van der Waals surface area (Å²) in [6.45, 7) is 7.05. The molecule has 2 heterocycles. The van der Waals surface area contributed by atoms with Crippen molar-refractivity contribution < 1.29 is 9.59 Å². The summed E-state index contributed by atoms with van der Waals surface area (Å²) in [5.74, 6) is -0.130. The number of nitrogens with one attached hydrogen (secondary N) is 2. The molecular weight excluding hydrogens is 374 g/mol. The normalized spacial score (nSPS) is 18.7. The van der Waals surface area contributed by atoms with Crippen LogP contribution in [0.25, 0.3) is 11.3 Å².